The van der Waals surface area contributed by atoms with Crippen molar-refractivity contribution in [3.8, 4) is 0 Å². The summed E-state index contributed by atoms with van der Waals surface area (Å²) in [5.41, 5.74) is 0. The summed E-state index contributed by atoms with van der Waals surface area (Å²) >= 11 is 0. The minimum atomic E-state index is -0.755. The van der Waals surface area contributed by atoms with Crippen molar-refractivity contribution in [1.82, 2.24) is 25.9 Å². The Kier molecular flexibility index (Phi) is 5.46. The lowest BCUT2D eigenvalue weighted by molar-refractivity contribution is -0.140. The summed E-state index contributed by atoms with van der Waals surface area (Å²) in [5.74, 6) is 1.04. The van der Waals surface area contributed by atoms with Gasteiger partial charge in [-0.3, -0.25) is 4.79 Å². The average molecular weight is 281 g/mol. The van der Waals surface area contributed by atoms with Crippen molar-refractivity contribution in [3.05, 3.63) is 5.82 Å². The quantitative estimate of drug-likeness (QED) is 0.689. The molecular formula is C13H23N5O2. The molecule has 1 aliphatic rings. The van der Waals surface area contributed by atoms with Crippen LogP contribution in [0.15, 0.2) is 0 Å². The largest absolute Gasteiger partial charge is 0.480 e. The van der Waals surface area contributed by atoms with E-state index >= 15 is 0 Å². The molecule has 7 nitrogen and oxygen atoms in total. The fourth-order valence-electron chi connectivity index (χ4n) is 3.22. The molecule has 1 aromatic rings. The molecule has 2 rings (SSSR count). The normalized spacial score (nSPS) is 24.4. The topological polar surface area (TPSA) is 104 Å². The molecule has 3 atom stereocenters. The second-order valence-electron chi connectivity index (χ2n) is 5.59. The summed E-state index contributed by atoms with van der Waals surface area (Å²) in [5, 5.41) is 26.1. The van der Waals surface area contributed by atoms with Crippen LogP contribution in [-0.2, 0) is 11.2 Å². The molecule has 2 unspecified atom stereocenters. The van der Waals surface area contributed by atoms with E-state index in [0.717, 1.165) is 25.1 Å². The first-order valence-electron chi connectivity index (χ1n) is 7.33. The van der Waals surface area contributed by atoms with Crippen molar-refractivity contribution < 1.29 is 9.90 Å². The fourth-order valence-corrected chi connectivity index (χ4v) is 3.22. The minimum absolute atomic E-state index is 0.439. The molecule has 0 saturated heterocycles. The molecule has 0 amide bonds. The van der Waals surface area contributed by atoms with Gasteiger partial charge >= 0.3 is 5.97 Å². The number of aromatic nitrogens is 4. The Morgan fingerprint density at radius 2 is 2.20 bits per heavy atom. The van der Waals surface area contributed by atoms with E-state index in [1.54, 1.807) is 7.05 Å². The van der Waals surface area contributed by atoms with E-state index in [0.29, 0.717) is 18.3 Å². The molecule has 1 aromatic heterocycles. The Morgan fingerprint density at radius 1 is 1.45 bits per heavy atom. The lowest BCUT2D eigenvalue weighted by Gasteiger charge is -2.33. The first kappa shape index (κ1) is 14.9. The molecule has 0 aromatic carbocycles. The van der Waals surface area contributed by atoms with Crippen LogP contribution < -0.4 is 5.32 Å². The maximum absolute atomic E-state index is 11.2. The van der Waals surface area contributed by atoms with Crippen LogP contribution in [0.25, 0.3) is 0 Å². The molecule has 7 heteroatoms. The number of hydrogen-bond acceptors (Lipinski definition) is 5. The second kappa shape index (κ2) is 7.33. The van der Waals surface area contributed by atoms with Gasteiger partial charge in [0.05, 0.1) is 0 Å². The first-order chi connectivity index (χ1) is 9.70. The van der Waals surface area contributed by atoms with Crippen LogP contribution in [0, 0.1) is 11.8 Å². The molecule has 0 bridgehead atoms. The molecule has 1 saturated carbocycles. The standard InChI is InChI=1S/C13H23N5O2/c1-14-11(13(19)20)8-10-5-3-2-4-9(10)6-7-12-15-17-18-16-12/h9-11,14H,2-8H2,1H3,(H,19,20)(H,15,16,17,18)/t9?,10?,11-/m0/s1. The van der Waals surface area contributed by atoms with Crippen LogP contribution >= 0.6 is 0 Å². The first-order valence-corrected chi connectivity index (χ1v) is 7.33. The zero-order valence-electron chi connectivity index (χ0n) is 11.9. The summed E-state index contributed by atoms with van der Waals surface area (Å²) in [6, 6.07) is -0.439. The van der Waals surface area contributed by atoms with Gasteiger partial charge in [-0.05, 0) is 31.7 Å². The van der Waals surface area contributed by atoms with E-state index in [9.17, 15) is 9.90 Å². The number of aliphatic carboxylic acids is 1. The number of rotatable bonds is 7. The highest BCUT2D eigenvalue weighted by molar-refractivity contribution is 5.73. The van der Waals surface area contributed by atoms with Crippen LogP contribution in [0.5, 0.6) is 0 Å². The van der Waals surface area contributed by atoms with Crippen LogP contribution in [0.1, 0.15) is 44.3 Å². The van der Waals surface area contributed by atoms with Crippen LogP contribution in [0.2, 0.25) is 0 Å². The number of nitrogens with zero attached hydrogens (tertiary/aromatic N) is 3. The van der Waals surface area contributed by atoms with Gasteiger partial charge in [-0.15, -0.1) is 10.2 Å². The molecule has 20 heavy (non-hydrogen) atoms. The van der Waals surface area contributed by atoms with Gasteiger partial charge in [0, 0.05) is 6.42 Å². The lowest BCUT2D eigenvalue weighted by atomic mass is 9.74. The van der Waals surface area contributed by atoms with Gasteiger partial charge in [0.15, 0.2) is 5.82 Å². The van der Waals surface area contributed by atoms with Crippen molar-refractivity contribution in [2.75, 3.05) is 7.05 Å². The monoisotopic (exact) mass is 281 g/mol. The Bertz CT molecular complexity index is 409. The van der Waals surface area contributed by atoms with E-state index in [1.165, 1.54) is 19.3 Å². The molecule has 0 spiro atoms. The van der Waals surface area contributed by atoms with E-state index in [1.807, 2.05) is 0 Å². The smallest absolute Gasteiger partial charge is 0.320 e. The number of tetrazole rings is 1. The number of aromatic amines is 1. The van der Waals surface area contributed by atoms with Crippen LogP contribution in [0.4, 0.5) is 0 Å². The molecule has 1 aliphatic carbocycles. The van der Waals surface area contributed by atoms with Crippen molar-refractivity contribution >= 4 is 5.97 Å². The number of nitrogens with one attached hydrogen (secondary N) is 2. The molecule has 0 aliphatic heterocycles. The summed E-state index contributed by atoms with van der Waals surface area (Å²) in [7, 11) is 1.72. The summed E-state index contributed by atoms with van der Waals surface area (Å²) in [6.45, 7) is 0. The Hall–Kier alpha value is -1.50. The third-order valence-electron chi connectivity index (χ3n) is 4.38. The summed E-state index contributed by atoms with van der Waals surface area (Å²) < 4.78 is 0. The molecule has 3 N–H and O–H groups in total. The molecular weight excluding hydrogens is 258 g/mol. The second-order valence-corrected chi connectivity index (χ2v) is 5.59. The Morgan fingerprint density at radius 3 is 2.80 bits per heavy atom. The Labute approximate surface area is 118 Å². The SMILES string of the molecule is CN[C@@H](CC1CCCCC1CCc1nn[nH]n1)C(=O)O. The number of H-pyrrole nitrogens is 1. The van der Waals surface area contributed by atoms with Gasteiger partial charge in [0.25, 0.3) is 0 Å². The molecule has 112 valence electrons. The van der Waals surface area contributed by atoms with E-state index in [4.69, 9.17) is 0 Å². The van der Waals surface area contributed by atoms with Gasteiger partial charge in [-0.1, -0.05) is 30.9 Å². The predicted octanol–water partition coefficient (Wildman–Crippen LogP) is 1.00. The van der Waals surface area contributed by atoms with E-state index in [2.05, 4.69) is 25.9 Å². The van der Waals surface area contributed by atoms with Gasteiger partial charge in [0.2, 0.25) is 0 Å². The lowest BCUT2D eigenvalue weighted by Crippen LogP contribution is -2.37. The number of carboxylic acid groups (broad SMARTS) is 1. The van der Waals surface area contributed by atoms with Crippen molar-refractivity contribution in [2.24, 2.45) is 11.8 Å². The molecule has 1 heterocycles. The summed E-state index contributed by atoms with van der Waals surface area (Å²) in [4.78, 5) is 11.2. The van der Waals surface area contributed by atoms with Crippen LogP contribution in [-0.4, -0.2) is 44.8 Å². The third-order valence-corrected chi connectivity index (χ3v) is 4.38. The average Bonchev–Trinajstić information content (AvgIpc) is 2.96. The molecule has 1 fully saturated rings. The number of carbonyl (C=O) groups is 1. The fraction of sp³-hybridized carbons (Fsp3) is 0.846. The number of aryl methyl sites for hydroxylation is 1. The van der Waals surface area contributed by atoms with Crippen LogP contribution in [0.3, 0.4) is 0 Å². The van der Waals surface area contributed by atoms with Gasteiger partial charge in [-0.2, -0.15) is 5.21 Å². The highest BCUT2D eigenvalue weighted by atomic mass is 16.4. The van der Waals surface area contributed by atoms with E-state index in [-0.39, 0.29) is 0 Å². The Balaban J connectivity index is 1.89. The summed E-state index contributed by atoms with van der Waals surface area (Å²) in [6.07, 6.45) is 7.29. The highest BCUT2D eigenvalue weighted by Crippen LogP contribution is 2.35. The maximum Gasteiger partial charge on any atom is 0.320 e. The van der Waals surface area contributed by atoms with E-state index < -0.39 is 12.0 Å². The predicted molar refractivity (Wildman–Crippen MR) is 73.0 cm³/mol. The van der Waals surface area contributed by atoms with Gasteiger partial charge in [-0.25, -0.2) is 0 Å². The molecule has 0 radical (unpaired) electrons. The van der Waals surface area contributed by atoms with Crippen molar-refractivity contribution in [1.29, 1.82) is 0 Å². The van der Waals surface area contributed by atoms with Gasteiger partial charge < -0.3 is 10.4 Å². The number of carboxylic acids is 1. The van der Waals surface area contributed by atoms with Gasteiger partial charge in [0.1, 0.15) is 6.04 Å². The minimum Gasteiger partial charge on any atom is -0.480 e. The maximum atomic E-state index is 11.2. The zero-order chi connectivity index (χ0) is 14.4. The van der Waals surface area contributed by atoms with Crippen molar-refractivity contribution in [3.63, 3.8) is 0 Å². The third kappa shape index (κ3) is 4.00. The highest BCUT2D eigenvalue weighted by Gasteiger charge is 2.29. The number of likely N-dealkylation sites (N-methyl/N-ethyl adjacent to an activating group) is 1. The van der Waals surface area contributed by atoms with Crippen molar-refractivity contribution in [2.45, 2.75) is 51.0 Å². The number of hydrogen-bond donors (Lipinski definition) is 3. The zero-order valence-corrected chi connectivity index (χ0v) is 11.9.